The first-order valence-corrected chi connectivity index (χ1v) is 11.1. The van der Waals surface area contributed by atoms with Crippen LogP contribution in [0.4, 0.5) is 0 Å². The molecule has 3 fully saturated rings. The highest BCUT2D eigenvalue weighted by Crippen LogP contribution is 2.32. The van der Waals surface area contributed by atoms with Gasteiger partial charge in [-0.15, -0.1) is 0 Å². The van der Waals surface area contributed by atoms with Gasteiger partial charge in [-0.2, -0.15) is 0 Å². The molecule has 0 bridgehead atoms. The van der Waals surface area contributed by atoms with Gasteiger partial charge in [-0.1, -0.05) is 12.1 Å². The lowest BCUT2D eigenvalue weighted by Gasteiger charge is -2.39. The number of fused-ring (bicyclic) bond motifs is 1. The summed E-state index contributed by atoms with van der Waals surface area (Å²) in [6, 6.07) is 7.25. The van der Waals surface area contributed by atoms with Crippen LogP contribution in [-0.4, -0.2) is 94.3 Å². The van der Waals surface area contributed by atoms with Gasteiger partial charge in [-0.05, 0) is 56.1 Å². The smallest absolute Gasteiger partial charge is 0.330 e. The first-order chi connectivity index (χ1) is 15.5. The van der Waals surface area contributed by atoms with E-state index in [1.54, 1.807) is 30.3 Å². The number of carbonyl (C=O) groups is 1. The highest BCUT2D eigenvalue weighted by atomic mass is 16.7. The number of ether oxygens (including phenoxy) is 3. The van der Waals surface area contributed by atoms with Crippen LogP contribution in [0.3, 0.4) is 0 Å². The predicted octanol–water partition coefficient (Wildman–Crippen LogP) is -0.0940. The van der Waals surface area contributed by atoms with Crippen LogP contribution in [0.2, 0.25) is 0 Å². The second-order valence-corrected chi connectivity index (χ2v) is 8.64. The van der Waals surface area contributed by atoms with Gasteiger partial charge in [0.1, 0.15) is 30.2 Å². The Kier molecular flexibility index (Phi) is 7.44. The highest BCUT2D eigenvalue weighted by Gasteiger charge is 2.44. The van der Waals surface area contributed by atoms with E-state index < -0.39 is 37.3 Å². The lowest BCUT2D eigenvalue weighted by molar-refractivity contribution is -0.277. The molecule has 9 heteroatoms. The zero-order valence-corrected chi connectivity index (χ0v) is 17.8. The van der Waals surface area contributed by atoms with E-state index >= 15 is 0 Å². The molecule has 0 radical (unpaired) electrons. The molecule has 3 saturated heterocycles. The van der Waals surface area contributed by atoms with Gasteiger partial charge >= 0.3 is 5.97 Å². The van der Waals surface area contributed by atoms with Crippen LogP contribution in [0.25, 0.3) is 6.08 Å². The lowest BCUT2D eigenvalue weighted by Crippen LogP contribution is -2.60. The van der Waals surface area contributed by atoms with Crippen molar-refractivity contribution in [1.82, 2.24) is 4.90 Å². The van der Waals surface area contributed by atoms with Crippen molar-refractivity contribution in [3.05, 3.63) is 35.9 Å². The number of nitrogens with zero attached hydrogens (tertiary/aromatic N) is 1. The molecule has 3 aliphatic heterocycles. The maximum atomic E-state index is 12.1. The molecule has 1 aromatic rings. The standard InChI is InChI=1S/C23H31NO8/c25-12-18-20(27)21(28)22(29)23(32-18)31-16-6-3-14(4-7-16)5-8-19(26)30-13-15-9-11-24-10-1-2-17(15)24/h3-8,15,17-18,20-23,25,27-29H,1-2,9-13H2/t15-,17-,18-,20+,21+,22-,23+/m0/s1. The SMILES string of the molecule is O=C(C=Cc1ccc(O[C@@H]2O[C@@H](CO)[C@@H](O)[C@@H](O)[C@@H]2O)cc1)OC[C@@H]1CCN2CCC[C@@H]12. The third-order valence-electron chi connectivity index (χ3n) is 6.58. The second-order valence-electron chi connectivity index (χ2n) is 8.64. The Labute approximate surface area is 186 Å². The van der Waals surface area contributed by atoms with Crippen molar-refractivity contribution in [3.8, 4) is 5.75 Å². The summed E-state index contributed by atoms with van der Waals surface area (Å²) in [7, 11) is 0. The Morgan fingerprint density at radius 2 is 1.88 bits per heavy atom. The first kappa shape index (κ1) is 23.2. The number of hydrogen-bond donors (Lipinski definition) is 4. The number of esters is 1. The van der Waals surface area contributed by atoms with Crippen LogP contribution in [0.5, 0.6) is 5.75 Å². The van der Waals surface area contributed by atoms with Gasteiger partial charge in [0.25, 0.3) is 0 Å². The number of aliphatic hydroxyl groups is 4. The number of aliphatic hydroxyl groups excluding tert-OH is 4. The molecule has 0 aromatic heterocycles. The topological polar surface area (TPSA) is 129 Å². The number of carbonyl (C=O) groups excluding carboxylic acids is 1. The van der Waals surface area contributed by atoms with E-state index in [9.17, 15) is 25.2 Å². The maximum Gasteiger partial charge on any atom is 0.330 e. The minimum absolute atomic E-state index is 0.358. The first-order valence-electron chi connectivity index (χ1n) is 11.1. The molecule has 32 heavy (non-hydrogen) atoms. The van der Waals surface area contributed by atoms with Crippen LogP contribution in [0.1, 0.15) is 24.8 Å². The van der Waals surface area contributed by atoms with Crippen molar-refractivity contribution in [2.24, 2.45) is 5.92 Å². The van der Waals surface area contributed by atoms with Gasteiger partial charge in [0.15, 0.2) is 0 Å². The number of hydrogen-bond acceptors (Lipinski definition) is 9. The van der Waals surface area contributed by atoms with Crippen molar-refractivity contribution >= 4 is 12.0 Å². The second kappa shape index (κ2) is 10.3. The van der Waals surface area contributed by atoms with E-state index in [4.69, 9.17) is 14.2 Å². The Hall–Kier alpha value is -2.01. The molecular weight excluding hydrogens is 418 g/mol. The van der Waals surface area contributed by atoms with Crippen LogP contribution in [0, 0.1) is 5.92 Å². The molecule has 0 unspecified atom stereocenters. The van der Waals surface area contributed by atoms with Gasteiger partial charge in [0.2, 0.25) is 6.29 Å². The van der Waals surface area contributed by atoms with Crippen LogP contribution in [-0.2, 0) is 14.3 Å². The minimum Gasteiger partial charge on any atom is -0.462 e. The molecule has 7 atom stereocenters. The number of rotatable bonds is 7. The molecule has 9 nitrogen and oxygen atoms in total. The lowest BCUT2D eigenvalue weighted by atomic mass is 9.99. The Morgan fingerprint density at radius 3 is 2.62 bits per heavy atom. The van der Waals surface area contributed by atoms with E-state index in [0.29, 0.717) is 24.3 Å². The summed E-state index contributed by atoms with van der Waals surface area (Å²) in [6.45, 7) is 2.19. The van der Waals surface area contributed by atoms with Crippen LogP contribution >= 0.6 is 0 Å². The molecule has 3 aliphatic rings. The van der Waals surface area contributed by atoms with Gasteiger partial charge in [0, 0.05) is 18.0 Å². The molecule has 4 N–H and O–H groups in total. The van der Waals surface area contributed by atoms with Gasteiger partial charge in [-0.25, -0.2) is 4.79 Å². The average molecular weight is 450 g/mol. The van der Waals surface area contributed by atoms with Crippen molar-refractivity contribution in [1.29, 1.82) is 0 Å². The summed E-state index contributed by atoms with van der Waals surface area (Å²) in [5, 5.41) is 39.0. The third kappa shape index (κ3) is 5.14. The summed E-state index contributed by atoms with van der Waals surface area (Å²) >= 11 is 0. The Balaban J connectivity index is 1.26. The van der Waals surface area contributed by atoms with E-state index in [0.717, 1.165) is 25.1 Å². The summed E-state index contributed by atoms with van der Waals surface area (Å²) in [6.07, 6.45) is -0.143. The zero-order chi connectivity index (χ0) is 22.7. The fourth-order valence-electron chi connectivity index (χ4n) is 4.74. The van der Waals surface area contributed by atoms with Crippen LogP contribution in [0.15, 0.2) is 30.3 Å². The predicted molar refractivity (Wildman–Crippen MR) is 114 cm³/mol. The van der Waals surface area contributed by atoms with Crippen molar-refractivity contribution in [2.75, 3.05) is 26.3 Å². The molecule has 0 aliphatic carbocycles. The summed E-state index contributed by atoms with van der Waals surface area (Å²) in [5.74, 6) is 0.410. The van der Waals surface area contributed by atoms with E-state index in [1.165, 1.54) is 18.9 Å². The Morgan fingerprint density at radius 1 is 1.09 bits per heavy atom. The monoisotopic (exact) mass is 449 g/mol. The van der Waals surface area contributed by atoms with Crippen molar-refractivity contribution in [3.63, 3.8) is 0 Å². The van der Waals surface area contributed by atoms with Gasteiger partial charge in [-0.3, -0.25) is 4.90 Å². The molecule has 0 spiro atoms. The third-order valence-corrected chi connectivity index (χ3v) is 6.58. The largest absolute Gasteiger partial charge is 0.462 e. The van der Waals surface area contributed by atoms with Gasteiger partial charge < -0.3 is 34.6 Å². The quantitative estimate of drug-likeness (QED) is 0.333. The molecule has 4 rings (SSSR count). The molecule has 176 valence electrons. The number of benzene rings is 1. The van der Waals surface area contributed by atoms with E-state index in [1.807, 2.05) is 0 Å². The van der Waals surface area contributed by atoms with E-state index in [2.05, 4.69) is 4.90 Å². The minimum atomic E-state index is -1.50. The fraction of sp³-hybridized carbons (Fsp3) is 0.609. The summed E-state index contributed by atoms with van der Waals surface area (Å²) in [4.78, 5) is 14.6. The van der Waals surface area contributed by atoms with E-state index in [-0.39, 0.29) is 5.97 Å². The van der Waals surface area contributed by atoms with Crippen LogP contribution < -0.4 is 4.74 Å². The summed E-state index contributed by atoms with van der Waals surface area (Å²) < 4.78 is 16.3. The molecule has 0 saturated carbocycles. The van der Waals surface area contributed by atoms with Crippen molar-refractivity contribution in [2.45, 2.75) is 56.0 Å². The zero-order valence-electron chi connectivity index (χ0n) is 17.8. The highest BCUT2D eigenvalue weighted by molar-refractivity contribution is 5.87. The molecule has 0 amide bonds. The molecular formula is C23H31NO8. The molecule has 1 aromatic carbocycles. The maximum absolute atomic E-state index is 12.1. The average Bonchev–Trinajstić information content (AvgIpc) is 3.42. The normalized spacial score (nSPS) is 35.2. The Bertz CT molecular complexity index is 798. The molecule has 3 heterocycles. The summed E-state index contributed by atoms with van der Waals surface area (Å²) in [5.41, 5.74) is 0.755. The fourth-order valence-corrected chi connectivity index (χ4v) is 4.74. The van der Waals surface area contributed by atoms with Crippen molar-refractivity contribution < 1.29 is 39.4 Å². The van der Waals surface area contributed by atoms with Gasteiger partial charge in [0.05, 0.1) is 13.2 Å².